The maximum absolute atomic E-state index is 11.4. The average molecular weight is 241 g/mol. The second kappa shape index (κ2) is 5.96. The number of carbonyl (C=O) groups is 1. The minimum absolute atomic E-state index is 0.0459. The molecule has 0 bridgehead atoms. The van der Waals surface area contributed by atoms with Crippen LogP contribution in [0.1, 0.15) is 29.4 Å². The molecule has 0 spiro atoms. The van der Waals surface area contributed by atoms with Gasteiger partial charge in [-0.3, -0.25) is 4.79 Å². The van der Waals surface area contributed by atoms with Crippen molar-refractivity contribution in [2.24, 2.45) is 0 Å². The lowest BCUT2D eigenvalue weighted by Gasteiger charge is -2.06. The number of ketones is 1. The van der Waals surface area contributed by atoms with E-state index < -0.39 is 0 Å². The molecule has 1 aromatic heterocycles. The van der Waals surface area contributed by atoms with Gasteiger partial charge in [-0.05, 0) is 17.7 Å². The minimum Gasteiger partial charge on any atom is -0.487 e. The molecule has 1 heterocycles. The van der Waals surface area contributed by atoms with Gasteiger partial charge in [-0.15, -0.1) is 0 Å². The molecule has 3 heteroatoms. The highest BCUT2D eigenvalue weighted by Crippen LogP contribution is 2.12. The van der Waals surface area contributed by atoms with Crippen molar-refractivity contribution < 1.29 is 9.53 Å². The number of hydrogen-bond acceptors (Lipinski definition) is 3. The van der Waals surface area contributed by atoms with Gasteiger partial charge in [0.2, 0.25) is 0 Å². The van der Waals surface area contributed by atoms with Crippen LogP contribution < -0.4 is 4.74 Å². The molecule has 0 amide bonds. The van der Waals surface area contributed by atoms with E-state index >= 15 is 0 Å². The van der Waals surface area contributed by atoms with Crippen molar-refractivity contribution in [1.29, 1.82) is 0 Å². The SMILES string of the molecule is CCC(=O)c1ccc(OCc2ccccc2)cn1. The van der Waals surface area contributed by atoms with Crippen LogP contribution in [0.4, 0.5) is 0 Å². The van der Waals surface area contributed by atoms with Gasteiger partial charge in [0.05, 0.1) is 6.20 Å². The van der Waals surface area contributed by atoms with E-state index in [4.69, 9.17) is 4.74 Å². The maximum Gasteiger partial charge on any atom is 0.180 e. The molecule has 0 unspecified atom stereocenters. The van der Waals surface area contributed by atoms with Crippen LogP contribution in [0.3, 0.4) is 0 Å². The summed E-state index contributed by atoms with van der Waals surface area (Å²) in [5.74, 6) is 0.719. The van der Waals surface area contributed by atoms with E-state index in [0.29, 0.717) is 24.5 Å². The van der Waals surface area contributed by atoms with Crippen molar-refractivity contribution >= 4 is 5.78 Å². The van der Waals surface area contributed by atoms with Crippen LogP contribution in [-0.4, -0.2) is 10.8 Å². The third kappa shape index (κ3) is 3.17. The topological polar surface area (TPSA) is 39.2 Å². The Bertz CT molecular complexity index is 506. The number of rotatable bonds is 5. The van der Waals surface area contributed by atoms with E-state index in [0.717, 1.165) is 5.56 Å². The Morgan fingerprint density at radius 1 is 1.17 bits per heavy atom. The minimum atomic E-state index is 0.0459. The van der Waals surface area contributed by atoms with Crippen LogP contribution in [0, 0.1) is 0 Å². The quantitative estimate of drug-likeness (QED) is 0.754. The normalized spacial score (nSPS) is 10.1. The van der Waals surface area contributed by atoms with Gasteiger partial charge in [0.1, 0.15) is 18.1 Å². The van der Waals surface area contributed by atoms with E-state index in [1.165, 1.54) is 0 Å². The third-order valence-electron chi connectivity index (χ3n) is 2.59. The van der Waals surface area contributed by atoms with Crippen LogP contribution in [-0.2, 0) is 6.61 Å². The van der Waals surface area contributed by atoms with Crippen molar-refractivity contribution in [2.75, 3.05) is 0 Å². The van der Waals surface area contributed by atoms with Crippen LogP contribution in [0.2, 0.25) is 0 Å². The standard InChI is InChI=1S/C15H15NO2/c1-2-15(17)14-9-8-13(10-16-14)18-11-12-6-4-3-5-7-12/h3-10H,2,11H2,1H3. The molecule has 2 rings (SSSR count). The van der Waals surface area contributed by atoms with Crippen molar-refractivity contribution in [3.05, 3.63) is 59.9 Å². The van der Waals surface area contributed by atoms with E-state index in [-0.39, 0.29) is 5.78 Å². The van der Waals surface area contributed by atoms with Gasteiger partial charge >= 0.3 is 0 Å². The summed E-state index contributed by atoms with van der Waals surface area (Å²) in [5.41, 5.74) is 1.59. The lowest BCUT2D eigenvalue weighted by Crippen LogP contribution is -2.01. The van der Waals surface area contributed by atoms with E-state index in [1.807, 2.05) is 37.3 Å². The smallest absolute Gasteiger partial charge is 0.180 e. The first-order valence-electron chi connectivity index (χ1n) is 5.95. The van der Waals surface area contributed by atoms with Gasteiger partial charge < -0.3 is 4.74 Å². The number of ether oxygens (including phenoxy) is 1. The number of benzene rings is 1. The molecule has 0 aliphatic carbocycles. The molecular formula is C15H15NO2. The second-order valence-corrected chi connectivity index (χ2v) is 3.93. The Labute approximate surface area is 106 Å². The summed E-state index contributed by atoms with van der Waals surface area (Å²) in [4.78, 5) is 15.5. The van der Waals surface area contributed by atoms with E-state index in [9.17, 15) is 4.79 Å². The first kappa shape index (κ1) is 12.3. The number of aromatic nitrogens is 1. The van der Waals surface area contributed by atoms with Gasteiger partial charge in [0, 0.05) is 6.42 Å². The first-order valence-corrected chi connectivity index (χ1v) is 5.95. The zero-order valence-corrected chi connectivity index (χ0v) is 10.3. The van der Waals surface area contributed by atoms with Crippen molar-refractivity contribution in [3.8, 4) is 5.75 Å². The van der Waals surface area contributed by atoms with Crippen molar-refractivity contribution in [3.63, 3.8) is 0 Å². The molecule has 0 fully saturated rings. The zero-order valence-electron chi connectivity index (χ0n) is 10.3. The number of hydrogen-bond donors (Lipinski definition) is 0. The highest BCUT2D eigenvalue weighted by atomic mass is 16.5. The summed E-state index contributed by atoms with van der Waals surface area (Å²) in [7, 11) is 0. The summed E-state index contributed by atoms with van der Waals surface area (Å²) < 4.78 is 5.59. The highest BCUT2D eigenvalue weighted by molar-refractivity contribution is 5.93. The number of Topliss-reactive ketones (excluding diaryl/α,β-unsaturated/α-hetero) is 1. The summed E-state index contributed by atoms with van der Waals surface area (Å²) >= 11 is 0. The molecule has 2 aromatic rings. The Morgan fingerprint density at radius 2 is 1.94 bits per heavy atom. The Kier molecular flexibility index (Phi) is 4.07. The number of carbonyl (C=O) groups excluding carboxylic acids is 1. The molecule has 0 aliphatic rings. The molecule has 0 atom stereocenters. The van der Waals surface area contributed by atoms with Gasteiger partial charge in [0.15, 0.2) is 5.78 Å². The van der Waals surface area contributed by atoms with Crippen LogP contribution in [0.15, 0.2) is 48.7 Å². The molecule has 18 heavy (non-hydrogen) atoms. The Hall–Kier alpha value is -2.16. The molecule has 3 nitrogen and oxygen atoms in total. The number of nitrogens with zero attached hydrogens (tertiary/aromatic N) is 1. The fourth-order valence-electron chi connectivity index (χ4n) is 1.55. The molecule has 0 saturated carbocycles. The second-order valence-electron chi connectivity index (χ2n) is 3.93. The lowest BCUT2D eigenvalue weighted by atomic mass is 10.2. The zero-order chi connectivity index (χ0) is 12.8. The summed E-state index contributed by atoms with van der Waals surface area (Å²) in [5, 5.41) is 0. The van der Waals surface area contributed by atoms with Gasteiger partial charge in [-0.2, -0.15) is 0 Å². The fraction of sp³-hybridized carbons (Fsp3) is 0.200. The Balaban J connectivity index is 1.97. The summed E-state index contributed by atoms with van der Waals surface area (Å²) in [6, 6.07) is 13.4. The Morgan fingerprint density at radius 3 is 2.56 bits per heavy atom. The van der Waals surface area contributed by atoms with Crippen LogP contribution in [0.5, 0.6) is 5.75 Å². The third-order valence-corrected chi connectivity index (χ3v) is 2.59. The first-order chi connectivity index (χ1) is 8.79. The van der Waals surface area contributed by atoms with Gasteiger partial charge in [0.25, 0.3) is 0 Å². The molecule has 92 valence electrons. The number of pyridine rings is 1. The predicted octanol–water partition coefficient (Wildman–Crippen LogP) is 3.25. The maximum atomic E-state index is 11.4. The summed E-state index contributed by atoms with van der Waals surface area (Å²) in [6.45, 7) is 2.33. The largest absolute Gasteiger partial charge is 0.487 e. The van der Waals surface area contributed by atoms with Crippen LogP contribution >= 0.6 is 0 Å². The average Bonchev–Trinajstić information content (AvgIpc) is 2.46. The van der Waals surface area contributed by atoms with Crippen LogP contribution in [0.25, 0.3) is 0 Å². The summed E-state index contributed by atoms with van der Waals surface area (Å²) in [6.07, 6.45) is 2.06. The molecule has 0 aliphatic heterocycles. The van der Waals surface area contributed by atoms with Gasteiger partial charge in [-0.25, -0.2) is 4.98 Å². The van der Waals surface area contributed by atoms with E-state index in [1.54, 1.807) is 18.3 Å². The fourth-order valence-corrected chi connectivity index (χ4v) is 1.55. The molecule has 0 N–H and O–H groups in total. The molecule has 0 radical (unpaired) electrons. The van der Waals surface area contributed by atoms with Gasteiger partial charge in [-0.1, -0.05) is 37.3 Å². The van der Waals surface area contributed by atoms with E-state index in [2.05, 4.69) is 4.98 Å². The van der Waals surface area contributed by atoms with Crippen molar-refractivity contribution in [1.82, 2.24) is 4.98 Å². The molecule has 1 aromatic carbocycles. The highest BCUT2D eigenvalue weighted by Gasteiger charge is 2.04. The monoisotopic (exact) mass is 241 g/mol. The molecular weight excluding hydrogens is 226 g/mol. The lowest BCUT2D eigenvalue weighted by molar-refractivity contribution is 0.0983. The van der Waals surface area contributed by atoms with Crippen molar-refractivity contribution in [2.45, 2.75) is 20.0 Å². The molecule has 0 saturated heterocycles. The predicted molar refractivity (Wildman–Crippen MR) is 69.6 cm³/mol.